The Morgan fingerprint density at radius 1 is 1.38 bits per heavy atom. The van der Waals surface area contributed by atoms with E-state index in [2.05, 4.69) is 0 Å². The summed E-state index contributed by atoms with van der Waals surface area (Å²) < 4.78 is 2.04. The second-order valence-corrected chi connectivity index (χ2v) is 8.34. The van der Waals surface area contributed by atoms with Crippen LogP contribution in [0.3, 0.4) is 0 Å². The average Bonchev–Trinajstić information content (AvgIpc) is 3.38. The Bertz CT molecular complexity index is 637. The van der Waals surface area contributed by atoms with Crippen molar-refractivity contribution in [1.29, 1.82) is 0 Å². The van der Waals surface area contributed by atoms with Gasteiger partial charge in [-0.05, 0) is 52.2 Å². The molecule has 26 heavy (non-hydrogen) atoms. The quantitative estimate of drug-likeness (QED) is 0.615. The Balaban J connectivity index is 2.15. The zero-order valence-corrected chi connectivity index (χ0v) is 17.4. The van der Waals surface area contributed by atoms with Gasteiger partial charge < -0.3 is 14.4 Å². The Morgan fingerprint density at radius 2 is 2.04 bits per heavy atom. The van der Waals surface area contributed by atoms with E-state index in [-0.39, 0.29) is 30.3 Å². The maximum atomic E-state index is 13.1. The molecule has 1 heterocycles. The predicted molar refractivity (Wildman–Crippen MR) is 105 cm³/mol. The molecular weight excluding hydrogens is 350 g/mol. The van der Waals surface area contributed by atoms with Gasteiger partial charge in [-0.1, -0.05) is 6.92 Å². The Labute approximate surface area is 162 Å². The summed E-state index contributed by atoms with van der Waals surface area (Å²) in [5, 5.41) is 0. The third-order valence-corrected chi connectivity index (χ3v) is 5.96. The fourth-order valence-corrected chi connectivity index (χ4v) is 3.09. The van der Waals surface area contributed by atoms with Crippen molar-refractivity contribution in [3.8, 4) is 0 Å². The lowest BCUT2D eigenvalue weighted by Gasteiger charge is -2.36. The van der Waals surface area contributed by atoms with Gasteiger partial charge in [0.15, 0.2) is 0 Å². The number of halogens is 1. The Hall–Kier alpha value is -1.49. The van der Waals surface area contributed by atoms with Gasteiger partial charge in [0, 0.05) is 36.9 Å². The van der Waals surface area contributed by atoms with Crippen molar-refractivity contribution < 1.29 is 9.59 Å². The lowest BCUT2D eigenvalue weighted by atomic mass is 9.93. The van der Waals surface area contributed by atoms with E-state index in [1.165, 1.54) is 0 Å². The third kappa shape index (κ3) is 4.81. The van der Waals surface area contributed by atoms with Crippen molar-refractivity contribution >= 4 is 23.4 Å². The molecule has 1 fully saturated rings. The van der Waals surface area contributed by atoms with Crippen LogP contribution in [0.25, 0.3) is 0 Å². The molecule has 5 nitrogen and oxygen atoms in total. The number of aryl methyl sites for hydroxylation is 1. The summed E-state index contributed by atoms with van der Waals surface area (Å²) in [5.41, 5.74) is 0.432. The van der Waals surface area contributed by atoms with E-state index in [1.807, 2.05) is 62.5 Å². The minimum atomic E-state index is -0.673. The molecule has 0 aromatic carbocycles. The van der Waals surface area contributed by atoms with Crippen LogP contribution < -0.4 is 0 Å². The first-order chi connectivity index (χ1) is 12.2. The normalized spacial score (nSPS) is 15.6. The highest BCUT2D eigenvalue weighted by Crippen LogP contribution is 2.29. The van der Waals surface area contributed by atoms with Crippen LogP contribution >= 0.6 is 11.6 Å². The second-order valence-electron chi connectivity index (χ2n) is 8.07. The molecule has 6 heteroatoms. The van der Waals surface area contributed by atoms with Crippen molar-refractivity contribution in [3.63, 3.8) is 0 Å². The smallest absolute Gasteiger partial charge is 0.242 e. The summed E-state index contributed by atoms with van der Waals surface area (Å²) in [5.74, 6) is 0.209. The van der Waals surface area contributed by atoms with Crippen molar-refractivity contribution in [1.82, 2.24) is 14.4 Å². The van der Waals surface area contributed by atoms with Gasteiger partial charge in [-0.15, -0.1) is 11.6 Å². The number of nitrogens with zero attached hydrogens (tertiary/aromatic N) is 3. The van der Waals surface area contributed by atoms with Crippen LogP contribution in [0.1, 0.15) is 52.7 Å². The zero-order chi connectivity index (χ0) is 19.5. The molecule has 0 spiro atoms. The van der Waals surface area contributed by atoms with E-state index in [4.69, 9.17) is 11.6 Å². The van der Waals surface area contributed by atoms with Crippen LogP contribution in [0.5, 0.6) is 0 Å². The van der Waals surface area contributed by atoms with E-state index in [1.54, 1.807) is 4.90 Å². The molecule has 1 aliphatic carbocycles. The average molecular weight is 382 g/mol. The number of rotatable bonds is 9. The lowest BCUT2D eigenvalue weighted by molar-refractivity contribution is -0.148. The lowest BCUT2D eigenvalue weighted by Crippen LogP contribution is -2.51. The highest BCUT2D eigenvalue weighted by atomic mass is 35.5. The van der Waals surface area contributed by atoms with E-state index in [9.17, 15) is 9.59 Å². The molecule has 0 saturated heterocycles. The number of hydrogen-bond acceptors (Lipinski definition) is 2. The highest BCUT2D eigenvalue weighted by Gasteiger charge is 2.38. The summed E-state index contributed by atoms with van der Waals surface area (Å²) in [6.45, 7) is 8.42. The SMILES string of the molecule is CCC(C)N(CC(=O)N(Cc1cccn1C)C1CC1)C(=O)C(C)(C)CCl. The summed E-state index contributed by atoms with van der Waals surface area (Å²) in [4.78, 5) is 29.7. The van der Waals surface area contributed by atoms with Gasteiger partial charge in [0.2, 0.25) is 11.8 Å². The molecule has 1 aromatic rings. The largest absolute Gasteiger partial charge is 0.353 e. The minimum absolute atomic E-state index is 0.00466. The summed E-state index contributed by atoms with van der Waals surface area (Å²) >= 11 is 6.01. The van der Waals surface area contributed by atoms with Crippen LogP contribution in [-0.4, -0.2) is 50.7 Å². The summed E-state index contributed by atoms with van der Waals surface area (Å²) in [7, 11) is 1.99. The molecule has 2 rings (SSSR count). The number of amides is 2. The Morgan fingerprint density at radius 3 is 2.50 bits per heavy atom. The summed E-state index contributed by atoms with van der Waals surface area (Å²) in [6.07, 6.45) is 4.88. The van der Waals surface area contributed by atoms with Gasteiger partial charge in [0.05, 0.1) is 12.0 Å². The van der Waals surface area contributed by atoms with Gasteiger partial charge in [-0.3, -0.25) is 9.59 Å². The van der Waals surface area contributed by atoms with Gasteiger partial charge >= 0.3 is 0 Å². The first kappa shape index (κ1) is 20.8. The number of hydrogen-bond donors (Lipinski definition) is 0. The van der Waals surface area contributed by atoms with E-state index >= 15 is 0 Å². The molecule has 1 unspecified atom stereocenters. The van der Waals surface area contributed by atoms with Crippen molar-refractivity contribution in [2.24, 2.45) is 12.5 Å². The summed E-state index contributed by atoms with van der Waals surface area (Å²) in [6, 6.07) is 4.33. The first-order valence-corrected chi connectivity index (χ1v) is 10.0. The molecule has 0 bridgehead atoms. The van der Waals surface area contributed by atoms with Gasteiger partial charge in [-0.2, -0.15) is 0 Å². The number of alkyl halides is 1. The van der Waals surface area contributed by atoms with Crippen LogP contribution in [0.2, 0.25) is 0 Å². The van der Waals surface area contributed by atoms with E-state index < -0.39 is 5.41 Å². The molecule has 146 valence electrons. The maximum Gasteiger partial charge on any atom is 0.242 e. The first-order valence-electron chi connectivity index (χ1n) is 9.48. The molecule has 2 amide bonds. The fraction of sp³-hybridized carbons (Fsp3) is 0.700. The van der Waals surface area contributed by atoms with Crippen LogP contribution in [-0.2, 0) is 23.2 Å². The molecule has 1 atom stereocenters. The minimum Gasteiger partial charge on any atom is -0.353 e. The fourth-order valence-electron chi connectivity index (χ4n) is 2.97. The van der Waals surface area contributed by atoms with Crippen molar-refractivity contribution in [3.05, 3.63) is 24.0 Å². The molecule has 0 N–H and O–H groups in total. The maximum absolute atomic E-state index is 13.1. The van der Waals surface area contributed by atoms with Gasteiger partial charge in [-0.25, -0.2) is 0 Å². The van der Waals surface area contributed by atoms with Gasteiger partial charge in [0.25, 0.3) is 0 Å². The number of aromatic nitrogens is 1. The van der Waals surface area contributed by atoms with Crippen LogP contribution in [0.4, 0.5) is 0 Å². The zero-order valence-electron chi connectivity index (χ0n) is 16.7. The van der Waals surface area contributed by atoms with Crippen LogP contribution in [0, 0.1) is 5.41 Å². The standard InChI is InChI=1S/C20H32ClN3O2/c1-6-15(2)23(19(26)20(3,4)14-21)13-18(25)24(16-9-10-16)12-17-8-7-11-22(17)5/h7-8,11,15-16H,6,9-10,12-14H2,1-5H3. The molecule has 0 radical (unpaired) electrons. The second kappa shape index (κ2) is 8.47. The molecule has 1 aromatic heterocycles. The topological polar surface area (TPSA) is 45.6 Å². The third-order valence-electron chi connectivity index (χ3n) is 5.29. The van der Waals surface area contributed by atoms with Crippen molar-refractivity contribution in [2.45, 2.75) is 65.6 Å². The molecule has 0 aliphatic heterocycles. The van der Waals surface area contributed by atoms with E-state index in [0.29, 0.717) is 12.6 Å². The molecule has 1 saturated carbocycles. The molecule has 1 aliphatic rings. The van der Waals surface area contributed by atoms with Crippen molar-refractivity contribution in [2.75, 3.05) is 12.4 Å². The number of carbonyl (C=O) groups excluding carboxylic acids is 2. The molecular formula is C20H32ClN3O2. The van der Waals surface area contributed by atoms with Crippen LogP contribution in [0.15, 0.2) is 18.3 Å². The predicted octanol–water partition coefficient (Wildman–Crippen LogP) is 3.41. The van der Waals surface area contributed by atoms with E-state index in [0.717, 1.165) is 25.0 Å². The highest BCUT2D eigenvalue weighted by molar-refractivity contribution is 6.19. The Kier molecular flexibility index (Phi) is 6.78. The number of carbonyl (C=O) groups is 2. The van der Waals surface area contributed by atoms with Gasteiger partial charge in [0.1, 0.15) is 6.54 Å². The monoisotopic (exact) mass is 381 g/mol.